The highest BCUT2D eigenvalue weighted by Gasteiger charge is 2.13. The van der Waals surface area contributed by atoms with Gasteiger partial charge in [0.1, 0.15) is 5.82 Å². The number of nitrogens with zero attached hydrogens (tertiary/aromatic N) is 4. The maximum atomic E-state index is 13.4. The lowest BCUT2D eigenvalue weighted by Gasteiger charge is -2.11. The summed E-state index contributed by atoms with van der Waals surface area (Å²) in [6.07, 6.45) is 4.76. The molecule has 0 saturated heterocycles. The van der Waals surface area contributed by atoms with Crippen LogP contribution >= 0.6 is 0 Å². The Morgan fingerprint density at radius 1 is 1.15 bits per heavy atom. The van der Waals surface area contributed by atoms with E-state index in [1.165, 1.54) is 18.2 Å². The average molecular weight is 437 g/mol. The first-order valence-corrected chi connectivity index (χ1v) is 10.2. The first-order chi connectivity index (χ1) is 16.1. The van der Waals surface area contributed by atoms with Crippen LogP contribution in [-0.2, 0) is 17.9 Å². The van der Waals surface area contributed by atoms with Crippen LogP contribution < -0.4 is 5.32 Å². The molecule has 2 aromatic heterocycles. The van der Waals surface area contributed by atoms with Crippen LogP contribution in [0.1, 0.15) is 16.7 Å². The third kappa shape index (κ3) is 5.20. The van der Waals surface area contributed by atoms with Gasteiger partial charge in [-0.2, -0.15) is 10.4 Å². The molecule has 0 aliphatic carbocycles. The Hall–Kier alpha value is -4.57. The minimum atomic E-state index is -0.318. The van der Waals surface area contributed by atoms with Gasteiger partial charge in [-0.3, -0.25) is 14.5 Å². The number of benzene rings is 2. The molecule has 0 unspecified atom stereocenters. The molecule has 0 spiro atoms. The van der Waals surface area contributed by atoms with Crippen molar-refractivity contribution in [2.45, 2.75) is 13.1 Å². The van der Waals surface area contributed by atoms with Gasteiger partial charge < -0.3 is 5.32 Å². The summed E-state index contributed by atoms with van der Waals surface area (Å²) in [5.74, 6) is -0.603. The van der Waals surface area contributed by atoms with E-state index in [1.54, 1.807) is 29.1 Å². The summed E-state index contributed by atoms with van der Waals surface area (Å²) >= 11 is 0. The second kappa shape index (κ2) is 9.71. The Morgan fingerprint density at radius 2 is 1.97 bits per heavy atom. The number of amides is 1. The number of nitriles is 1. The molecule has 2 heterocycles. The summed E-state index contributed by atoms with van der Waals surface area (Å²) in [7, 11) is 0. The fraction of sp³-hybridized carbons (Fsp3) is 0.0769. The van der Waals surface area contributed by atoms with E-state index in [0.29, 0.717) is 23.5 Å². The predicted molar refractivity (Wildman–Crippen MR) is 123 cm³/mol. The van der Waals surface area contributed by atoms with Gasteiger partial charge >= 0.3 is 0 Å². The molecule has 4 aromatic rings. The lowest BCUT2D eigenvalue weighted by atomic mass is 10.0. The number of pyridine rings is 1. The molecule has 0 bridgehead atoms. The molecule has 0 radical (unpaired) electrons. The third-order valence-corrected chi connectivity index (χ3v) is 5.08. The maximum Gasteiger partial charge on any atom is 0.243 e. The molecule has 0 aliphatic heterocycles. The second-order valence-corrected chi connectivity index (χ2v) is 7.37. The molecule has 162 valence electrons. The van der Waals surface area contributed by atoms with E-state index in [1.807, 2.05) is 36.5 Å². The Kier molecular flexibility index (Phi) is 6.37. The van der Waals surface area contributed by atoms with Crippen molar-refractivity contribution < 1.29 is 9.18 Å². The van der Waals surface area contributed by atoms with Gasteiger partial charge in [-0.05, 0) is 65.7 Å². The van der Waals surface area contributed by atoms with Crippen LogP contribution in [0.4, 0.5) is 4.39 Å². The molecule has 0 fully saturated rings. The first-order valence-electron chi connectivity index (χ1n) is 10.2. The van der Waals surface area contributed by atoms with Gasteiger partial charge in [0.15, 0.2) is 0 Å². The molecule has 33 heavy (non-hydrogen) atoms. The Labute approximate surface area is 190 Å². The maximum absolute atomic E-state index is 13.4. The van der Waals surface area contributed by atoms with Gasteiger partial charge in [0.25, 0.3) is 0 Å². The average Bonchev–Trinajstić information content (AvgIpc) is 3.31. The predicted octanol–water partition coefficient (Wildman–Crippen LogP) is 4.47. The SMILES string of the molecule is C=CC(=O)NCc1cnc(-c2ccc(F)cc2)cc1-c1ccn(Cc2cccc(C#N)c2)n1. The molecule has 0 atom stereocenters. The fourth-order valence-electron chi connectivity index (χ4n) is 3.42. The van der Waals surface area contributed by atoms with Crippen molar-refractivity contribution in [1.82, 2.24) is 20.1 Å². The second-order valence-electron chi connectivity index (χ2n) is 7.37. The zero-order valence-corrected chi connectivity index (χ0v) is 17.7. The van der Waals surface area contributed by atoms with Crippen molar-refractivity contribution in [1.29, 1.82) is 5.26 Å². The standard InChI is InChI=1S/C26H20FN5O/c1-2-26(33)30-16-21-15-29-25(20-6-8-22(27)9-7-20)13-23(21)24-10-11-32(31-24)17-19-5-3-4-18(12-19)14-28/h2-13,15H,1,16-17H2,(H,30,33). The molecule has 1 N–H and O–H groups in total. The van der Waals surface area contributed by atoms with E-state index in [0.717, 1.165) is 22.3 Å². The number of hydrogen-bond acceptors (Lipinski definition) is 4. The van der Waals surface area contributed by atoms with Gasteiger partial charge in [-0.15, -0.1) is 0 Å². The summed E-state index contributed by atoms with van der Waals surface area (Å²) in [5, 5.41) is 16.6. The molecule has 7 heteroatoms. The highest BCUT2D eigenvalue weighted by molar-refractivity contribution is 5.87. The van der Waals surface area contributed by atoms with E-state index in [4.69, 9.17) is 10.4 Å². The smallest absolute Gasteiger partial charge is 0.243 e. The minimum Gasteiger partial charge on any atom is -0.348 e. The largest absolute Gasteiger partial charge is 0.348 e. The quantitative estimate of drug-likeness (QED) is 0.432. The van der Waals surface area contributed by atoms with Gasteiger partial charge in [0, 0.05) is 30.1 Å². The number of carbonyl (C=O) groups is 1. The van der Waals surface area contributed by atoms with E-state index in [-0.39, 0.29) is 18.3 Å². The monoisotopic (exact) mass is 437 g/mol. The zero-order valence-electron chi connectivity index (χ0n) is 17.7. The van der Waals surface area contributed by atoms with Gasteiger partial charge in [-0.1, -0.05) is 18.7 Å². The number of nitrogens with one attached hydrogen (secondary N) is 1. The van der Waals surface area contributed by atoms with E-state index >= 15 is 0 Å². The Balaban J connectivity index is 1.68. The van der Waals surface area contributed by atoms with Crippen molar-refractivity contribution in [3.8, 4) is 28.6 Å². The van der Waals surface area contributed by atoms with Crippen LogP contribution in [0.5, 0.6) is 0 Å². The highest BCUT2D eigenvalue weighted by Crippen LogP contribution is 2.27. The molecule has 6 nitrogen and oxygen atoms in total. The molecule has 0 aliphatic rings. The molecular formula is C26H20FN5O. The van der Waals surface area contributed by atoms with Crippen molar-refractivity contribution in [3.63, 3.8) is 0 Å². The third-order valence-electron chi connectivity index (χ3n) is 5.08. The van der Waals surface area contributed by atoms with E-state index in [2.05, 4.69) is 22.9 Å². The van der Waals surface area contributed by atoms with Crippen LogP contribution in [0.2, 0.25) is 0 Å². The van der Waals surface area contributed by atoms with Crippen LogP contribution in [0, 0.1) is 17.1 Å². The Morgan fingerprint density at radius 3 is 2.73 bits per heavy atom. The lowest BCUT2D eigenvalue weighted by Crippen LogP contribution is -2.20. The molecule has 1 amide bonds. The van der Waals surface area contributed by atoms with Gasteiger partial charge in [0.05, 0.1) is 29.6 Å². The summed E-state index contributed by atoms with van der Waals surface area (Å²) < 4.78 is 15.1. The topological polar surface area (TPSA) is 83.6 Å². The van der Waals surface area contributed by atoms with E-state index < -0.39 is 0 Å². The number of rotatable bonds is 7. The molecule has 4 rings (SSSR count). The van der Waals surface area contributed by atoms with Crippen LogP contribution in [0.3, 0.4) is 0 Å². The van der Waals surface area contributed by atoms with Crippen molar-refractivity contribution >= 4 is 5.91 Å². The summed E-state index contributed by atoms with van der Waals surface area (Å²) in [6, 6.07) is 19.4. The molecule has 2 aromatic carbocycles. The van der Waals surface area contributed by atoms with Crippen LogP contribution in [0.15, 0.2) is 85.7 Å². The Bertz CT molecular complexity index is 1350. The summed E-state index contributed by atoms with van der Waals surface area (Å²) in [6.45, 7) is 4.24. The fourth-order valence-corrected chi connectivity index (χ4v) is 3.42. The van der Waals surface area contributed by atoms with Gasteiger partial charge in [0.2, 0.25) is 5.91 Å². The number of aromatic nitrogens is 3. The molecular weight excluding hydrogens is 417 g/mol. The summed E-state index contributed by atoms with van der Waals surface area (Å²) in [5.41, 5.74) is 5.29. The number of hydrogen-bond donors (Lipinski definition) is 1. The highest BCUT2D eigenvalue weighted by atomic mass is 19.1. The first kappa shape index (κ1) is 21.7. The summed E-state index contributed by atoms with van der Waals surface area (Å²) in [4.78, 5) is 16.2. The number of carbonyl (C=O) groups excluding carboxylic acids is 1. The van der Waals surface area contributed by atoms with E-state index in [9.17, 15) is 9.18 Å². The van der Waals surface area contributed by atoms with Crippen molar-refractivity contribution in [2.24, 2.45) is 0 Å². The number of halogens is 1. The normalized spacial score (nSPS) is 10.4. The van der Waals surface area contributed by atoms with Crippen molar-refractivity contribution in [3.05, 3.63) is 108 Å². The van der Waals surface area contributed by atoms with Crippen LogP contribution in [-0.4, -0.2) is 20.7 Å². The minimum absolute atomic E-state index is 0.258. The molecule has 0 saturated carbocycles. The van der Waals surface area contributed by atoms with Gasteiger partial charge in [-0.25, -0.2) is 4.39 Å². The van der Waals surface area contributed by atoms with Crippen molar-refractivity contribution in [2.75, 3.05) is 0 Å². The van der Waals surface area contributed by atoms with Crippen LogP contribution in [0.25, 0.3) is 22.5 Å². The lowest BCUT2D eigenvalue weighted by molar-refractivity contribution is -0.116. The zero-order chi connectivity index (χ0) is 23.2.